The number of halogens is 3. The summed E-state index contributed by atoms with van der Waals surface area (Å²) >= 11 is 0. The largest absolute Gasteiger partial charge is 0.417 e. The molecule has 0 radical (unpaired) electrons. The molecule has 0 saturated carbocycles. The lowest BCUT2D eigenvalue weighted by atomic mass is 9.90. The van der Waals surface area contributed by atoms with E-state index in [0.29, 0.717) is 6.42 Å². The molecule has 1 fully saturated rings. The summed E-state index contributed by atoms with van der Waals surface area (Å²) in [6.45, 7) is 0.819. The van der Waals surface area contributed by atoms with Crippen molar-refractivity contribution < 1.29 is 13.2 Å². The molecule has 2 aromatic carbocycles. The molecule has 2 atom stereocenters. The Labute approximate surface area is 156 Å². The lowest BCUT2D eigenvalue weighted by Gasteiger charge is -2.34. The molecule has 5 heteroatoms. The van der Waals surface area contributed by atoms with Crippen molar-refractivity contribution in [3.05, 3.63) is 76.9 Å². The highest BCUT2D eigenvalue weighted by Crippen LogP contribution is 2.43. The van der Waals surface area contributed by atoms with Crippen LogP contribution in [0.5, 0.6) is 0 Å². The lowest BCUT2D eigenvalue weighted by molar-refractivity contribution is -0.137. The fourth-order valence-corrected chi connectivity index (χ4v) is 4.29. The molecule has 138 valence electrons. The molecule has 1 saturated heterocycles. The van der Waals surface area contributed by atoms with Crippen LogP contribution in [0.1, 0.15) is 41.5 Å². The summed E-state index contributed by atoms with van der Waals surface area (Å²) in [6.07, 6.45) is 0.110. The van der Waals surface area contributed by atoms with Crippen molar-refractivity contribution in [2.75, 3.05) is 0 Å². The van der Waals surface area contributed by atoms with Gasteiger partial charge in [-0.15, -0.1) is 0 Å². The first-order chi connectivity index (χ1) is 13.0. The molecule has 2 bridgehead atoms. The molecule has 2 aromatic rings. The van der Waals surface area contributed by atoms with Gasteiger partial charge in [-0.25, -0.2) is 0 Å². The van der Waals surface area contributed by atoms with Crippen LogP contribution >= 0.6 is 0 Å². The zero-order valence-electron chi connectivity index (χ0n) is 14.7. The van der Waals surface area contributed by atoms with Crippen LogP contribution in [-0.4, -0.2) is 17.0 Å². The smallest absolute Gasteiger partial charge is 0.289 e. The third kappa shape index (κ3) is 3.50. The summed E-state index contributed by atoms with van der Waals surface area (Å²) in [5, 5.41) is 8.96. The first kappa shape index (κ1) is 17.8. The molecular weight excluding hydrogens is 349 g/mol. The monoisotopic (exact) mass is 368 g/mol. The van der Waals surface area contributed by atoms with Gasteiger partial charge in [0.1, 0.15) is 0 Å². The van der Waals surface area contributed by atoms with Crippen LogP contribution in [0.3, 0.4) is 0 Å². The number of fused-ring (bicyclic) bond motifs is 2. The highest BCUT2D eigenvalue weighted by atomic mass is 19.4. The van der Waals surface area contributed by atoms with Gasteiger partial charge in [-0.1, -0.05) is 42.5 Å². The summed E-state index contributed by atoms with van der Waals surface area (Å²) < 4.78 is 40.6. The Morgan fingerprint density at radius 3 is 2.52 bits per heavy atom. The molecule has 2 aliphatic heterocycles. The van der Waals surface area contributed by atoms with E-state index in [1.807, 2.05) is 24.3 Å². The van der Waals surface area contributed by atoms with Gasteiger partial charge >= 0.3 is 6.18 Å². The van der Waals surface area contributed by atoms with Crippen LogP contribution in [0.25, 0.3) is 5.57 Å². The normalized spacial score (nSPS) is 22.4. The number of benzene rings is 2. The van der Waals surface area contributed by atoms with E-state index in [-0.39, 0.29) is 23.2 Å². The Morgan fingerprint density at radius 1 is 1.07 bits per heavy atom. The second kappa shape index (κ2) is 6.86. The molecule has 2 heterocycles. The molecular formula is C22H19F3N2. The highest BCUT2D eigenvalue weighted by Gasteiger charge is 2.39. The number of nitriles is 1. The second-order valence-electron chi connectivity index (χ2n) is 7.22. The van der Waals surface area contributed by atoms with E-state index in [1.165, 1.54) is 17.7 Å². The summed E-state index contributed by atoms with van der Waals surface area (Å²) in [5.41, 5.74) is 1.53. The maximum atomic E-state index is 13.5. The van der Waals surface area contributed by atoms with E-state index in [0.717, 1.165) is 31.0 Å². The minimum atomic E-state index is -4.47. The Morgan fingerprint density at radius 2 is 1.85 bits per heavy atom. The number of nitrogens with zero attached hydrogens (tertiary/aromatic N) is 2. The van der Waals surface area contributed by atoms with Crippen LogP contribution in [-0.2, 0) is 12.7 Å². The molecule has 2 nitrogen and oxygen atoms in total. The van der Waals surface area contributed by atoms with Gasteiger partial charge in [0.05, 0.1) is 17.2 Å². The Hall–Kier alpha value is -2.58. The molecule has 0 N–H and O–H groups in total. The van der Waals surface area contributed by atoms with E-state index in [2.05, 4.69) is 17.0 Å². The molecule has 0 amide bonds. The van der Waals surface area contributed by atoms with E-state index in [1.54, 1.807) is 6.07 Å². The standard InChI is InChI=1S/C22H19F3N2/c23-22(24,25)21-10-16(13-26)6-9-20(21)17-11-18-7-8-19(12-17)27(18)14-15-4-2-1-3-5-15/h1-6,9-11,18-19H,7-8,12,14H2. The van der Waals surface area contributed by atoms with Gasteiger partial charge in [0.25, 0.3) is 0 Å². The summed E-state index contributed by atoms with van der Waals surface area (Å²) in [5.74, 6) is 0. The van der Waals surface area contributed by atoms with Gasteiger partial charge in [0.15, 0.2) is 0 Å². The van der Waals surface area contributed by atoms with Crippen molar-refractivity contribution in [3.8, 4) is 6.07 Å². The highest BCUT2D eigenvalue weighted by molar-refractivity contribution is 5.72. The van der Waals surface area contributed by atoms with Crippen LogP contribution in [0.4, 0.5) is 13.2 Å². The van der Waals surface area contributed by atoms with Crippen molar-refractivity contribution in [3.63, 3.8) is 0 Å². The minimum Gasteiger partial charge on any atom is -0.289 e. The predicted molar refractivity (Wildman–Crippen MR) is 97.5 cm³/mol. The van der Waals surface area contributed by atoms with E-state index >= 15 is 0 Å². The topological polar surface area (TPSA) is 27.0 Å². The molecule has 0 aromatic heterocycles. The van der Waals surface area contributed by atoms with Gasteiger partial charge in [-0.2, -0.15) is 18.4 Å². The number of hydrogen-bond donors (Lipinski definition) is 0. The van der Waals surface area contributed by atoms with E-state index < -0.39 is 11.7 Å². The first-order valence-electron chi connectivity index (χ1n) is 9.08. The first-order valence-corrected chi connectivity index (χ1v) is 9.08. The number of rotatable bonds is 3. The van der Waals surface area contributed by atoms with Gasteiger partial charge in [-0.3, -0.25) is 4.90 Å². The fraction of sp³-hybridized carbons (Fsp3) is 0.318. The Balaban J connectivity index is 1.66. The van der Waals surface area contributed by atoms with E-state index in [9.17, 15) is 13.2 Å². The maximum absolute atomic E-state index is 13.5. The van der Waals surface area contributed by atoms with E-state index in [4.69, 9.17) is 5.26 Å². The molecule has 0 aliphatic carbocycles. The molecule has 4 rings (SSSR count). The zero-order valence-corrected chi connectivity index (χ0v) is 14.7. The Bertz CT molecular complexity index is 909. The van der Waals surface area contributed by atoms with Crippen molar-refractivity contribution >= 4 is 5.57 Å². The van der Waals surface area contributed by atoms with Crippen LogP contribution in [0, 0.1) is 11.3 Å². The van der Waals surface area contributed by atoms with Crippen molar-refractivity contribution in [1.29, 1.82) is 5.26 Å². The predicted octanol–water partition coefficient (Wildman–Crippen LogP) is 5.40. The van der Waals surface area contributed by atoms with Gasteiger partial charge < -0.3 is 0 Å². The SMILES string of the molecule is N#Cc1ccc(C2=CC3CCC(C2)N3Cc2ccccc2)c(C(F)(F)F)c1. The lowest BCUT2D eigenvalue weighted by Crippen LogP contribution is -2.37. The zero-order chi connectivity index (χ0) is 19.0. The number of alkyl halides is 3. The second-order valence-corrected chi connectivity index (χ2v) is 7.22. The molecule has 0 spiro atoms. The maximum Gasteiger partial charge on any atom is 0.417 e. The van der Waals surface area contributed by atoms with Crippen molar-refractivity contribution in [1.82, 2.24) is 4.90 Å². The number of hydrogen-bond acceptors (Lipinski definition) is 2. The van der Waals surface area contributed by atoms with Crippen molar-refractivity contribution in [2.24, 2.45) is 0 Å². The third-order valence-corrected chi connectivity index (χ3v) is 5.55. The van der Waals surface area contributed by atoms with Crippen LogP contribution in [0.2, 0.25) is 0 Å². The summed E-state index contributed by atoms with van der Waals surface area (Å²) in [4.78, 5) is 2.40. The van der Waals surface area contributed by atoms with Crippen molar-refractivity contribution in [2.45, 2.75) is 44.1 Å². The summed E-state index contributed by atoms with van der Waals surface area (Å²) in [6, 6.07) is 16.3. The Kier molecular flexibility index (Phi) is 4.53. The molecule has 27 heavy (non-hydrogen) atoms. The third-order valence-electron chi connectivity index (χ3n) is 5.55. The van der Waals surface area contributed by atoms with Gasteiger partial charge in [-0.05, 0) is 48.1 Å². The quantitative estimate of drug-likeness (QED) is 0.726. The average Bonchev–Trinajstić information content (AvgIpc) is 2.89. The molecule has 2 unspecified atom stereocenters. The minimum absolute atomic E-state index is 0.0381. The fourth-order valence-electron chi connectivity index (χ4n) is 4.29. The average molecular weight is 368 g/mol. The van der Waals surface area contributed by atoms with Crippen LogP contribution in [0.15, 0.2) is 54.6 Å². The van der Waals surface area contributed by atoms with Gasteiger partial charge in [0.2, 0.25) is 0 Å². The summed E-state index contributed by atoms with van der Waals surface area (Å²) in [7, 11) is 0. The molecule has 2 aliphatic rings. The van der Waals surface area contributed by atoms with Gasteiger partial charge in [0, 0.05) is 18.6 Å². The van der Waals surface area contributed by atoms with Crippen LogP contribution < -0.4 is 0 Å².